The van der Waals surface area contributed by atoms with Crippen molar-refractivity contribution in [2.24, 2.45) is 5.10 Å². The fourth-order valence-corrected chi connectivity index (χ4v) is 4.23. The van der Waals surface area contributed by atoms with Crippen molar-refractivity contribution in [3.05, 3.63) is 88.1 Å². The second-order valence-corrected chi connectivity index (χ2v) is 9.18. The van der Waals surface area contributed by atoms with Gasteiger partial charge in [-0.15, -0.1) is 10.2 Å². The lowest BCUT2D eigenvalue weighted by molar-refractivity contribution is -0.118. The Bertz CT molecular complexity index is 1290. The van der Waals surface area contributed by atoms with E-state index in [4.69, 9.17) is 11.6 Å². The minimum atomic E-state index is -0.245. The molecular formula is C23H18BrClN6OS. The Balaban J connectivity index is 1.52. The van der Waals surface area contributed by atoms with Gasteiger partial charge in [0.2, 0.25) is 0 Å². The first-order valence-corrected chi connectivity index (χ1v) is 12.0. The Hall–Kier alpha value is -3.01. The van der Waals surface area contributed by atoms with Gasteiger partial charge in [0.25, 0.3) is 5.91 Å². The van der Waals surface area contributed by atoms with Crippen LogP contribution in [0.2, 0.25) is 5.02 Å². The van der Waals surface area contributed by atoms with Crippen molar-refractivity contribution >= 4 is 50.9 Å². The number of pyridine rings is 1. The average Bonchev–Trinajstić information content (AvgIpc) is 3.26. The molecule has 4 aromatic rings. The molecular weight excluding hydrogens is 524 g/mol. The highest BCUT2D eigenvalue weighted by atomic mass is 79.9. The van der Waals surface area contributed by atoms with Gasteiger partial charge in [-0.25, -0.2) is 5.43 Å². The predicted molar refractivity (Wildman–Crippen MR) is 135 cm³/mol. The van der Waals surface area contributed by atoms with Crippen LogP contribution in [-0.4, -0.2) is 37.1 Å². The molecule has 4 rings (SSSR count). The summed E-state index contributed by atoms with van der Waals surface area (Å²) >= 11 is 10.8. The number of nitrogens with zero attached hydrogens (tertiary/aromatic N) is 5. The highest BCUT2D eigenvalue weighted by Crippen LogP contribution is 2.28. The van der Waals surface area contributed by atoms with Crippen LogP contribution < -0.4 is 5.43 Å². The van der Waals surface area contributed by atoms with E-state index in [1.54, 1.807) is 24.5 Å². The summed E-state index contributed by atoms with van der Waals surface area (Å²) in [5, 5.41) is 14.1. The standard InChI is InChI=1S/C23H18BrClN6OS/c1-15(17-3-2-4-18(24)13-17)27-28-21(32)14-33-23-30-29-22(16-9-11-26-12-10-16)31(23)20-7-5-19(25)6-8-20/h2-13H,14H2,1H3,(H,28,32). The van der Waals surface area contributed by atoms with Crippen LogP contribution in [-0.2, 0) is 4.79 Å². The van der Waals surface area contributed by atoms with Crippen LogP contribution in [0.4, 0.5) is 0 Å². The van der Waals surface area contributed by atoms with Gasteiger partial charge in [0.15, 0.2) is 11.0 Å². The van der Waals surface area contributed by atoms with Gasteiger partial charge in [0, 0.05) is 33.1 Å². The molecule has 0 unspecified atom stereocenters. The van der Waals surface area contributed by atoms with E-state index in [1.807, 2.05) is 60.0 Å². The van der Waals surface area contributed by atoms with Gasteiger partial charge in [-0.05, 0) is 61.0 Å². The van der Waals surface area contributed by atoms with Crippen LogP contribution >= 0.6 is 39.3 Å². The number of hydrogen-bond donors (Lipinski definition) is 1. The molecule has 0 fully saturated rings. The summed E-state index contributed by atoms with van der Waals surface area (Å²) in [7, 11) is 0. The largest absolute Gasteiger partial charge is 0.272 e. The number of thioether (sulfide) groups is 1. The van der Waals surface area contributed by atoms with Crippen molar-refractivity contribution in [2.75, 3.05) is 5.75 Å². The molecule has 0 aliphatic rings. The lowest BCUT2D eigenvalue weighted by Crippen LogP contribution is -2.21. The number of hydrazone groups is 1. The lowest BCUT2D eigenvalue weighted by atomic mass is 10.1. The van der Waals surface area contributed by atoms with Gasteiger partial charge >= 0.3 is 0 Å². The molecule has 2 heterocycles. The number of hydrogen-bond acceptors (Lipinski definition) is 6. The summed E-state index contributed by atoms with van der Waals surface area (Å²) in [6, 6.07) is 18.8. The number of benzene rings is 2. The first-order chi connectivity index (χ1) is 16.0. The maximum atomic E-state index is 12.5. The summed E-state index contributed by atoms with van der Waals surface area (Å²) in [5.74, 6) is 0.522. The van der Waals surface area contributed by atoms with Gasteiger partial charge in [-0.2, -0.15) is 5.10 Å². The molecule has 0 saturated carbocycles. The monoisotopic (exact) mass is 540 g/mol. The van der Waals surface area contributed by atoms with E-state index in [9.17, 15) is 4.79 Å². The number of carbonyl (C=O) groups excluding carboxylic acids is 1. The summed E-state index contributed by atoms with van der Waals surface area (Å²) in [6.07, 6.45) is 3.39. The predicted octanol–water partition coefficient (Wildman–Crippen LogP) is 5.38. The van der Waals surface area contributed by atoms with Crippen molar-refractivity contribution in [3.63, 3.8) is 0 Å². The minimum Gasteiger partial charge on any atom is -0.272 e. The molecule has 0 aliphatic heterocycles. The smallest absolute Gasteiger partial charge is 0.250 e. The van der Waals surface area contributed by atoms with Gasteiger partial charge < -0.3 is 0 Å². The van der Waals surface area contributed by atoms with E-state index in [0.717, 1.165) is 21.3 Å². The molecule has 0 radical (unpaired) electrons. The van der Waals surface area contributed by atoms with Gasteiger partial charge in [-0.3, -0.25) is 14.3 Å². The van der Waals surface area contributed by atoms with E-state index in [1.165, 1.54) is 11.8 Å². The van der Waals surface area contributed by atoms with E-state index in [2.05, 4.69) is 41.6 Å². The first-order valence-electron chi connectivity index (χ1n) is 9.85. The summed E-state index contributed by atoms with van der Waals surface area (Å²) in [4.78, 5) is 16.5. The molecule has 0 atom stereocenters. The Morgan fingerprint density at radius 1 is 1.12 bits per heavy atom. The highest BCUT2D eigenvalue weighted by Gasteiger charge is 2.17. The zero-order valence-electron chi connectivity index (χ0n) is 17.4. The molecule has 1 N–H and O–H groups in total. The zero-order valence-corrected chi connectivity index (χ0v) is 20.6. The normalized spacial score (nSPS) is 11.4. The fourth-order valence-electron chi connectivity index (χ4n) is 2.96. The van der Waals surface area contributed by atoms with Crippen molar-refractivity contribution in [1.29, 1.82) is 0 Å². The van der Waals surface area contributed by atoms with E-state index in [0.29, 0.717) is 21.7 Å². The second kappa shape index (κ2) is 10.7. The van der Waals surface area contributed by atoms with Crippen molar-refractivity contribution in [3.8, 4) is 17.1 Å². The van der Waals surface area contributed by atoms with E-state index in [-0.39, 0.29) is 11.7 Å². The molecule has 166 valence electrons. The van der Waals surface area contributed by atoms with Crippen molar-refractivity contribution in [2.45, 2.75) is 12.1 Å². The Morgan fingerprint density at radius 3 is 2.61 bits per heavy atom. The maximum absolute atomic E-state index is 12.5. The number of halogens is 2. The number of amides is 1. The highest BCUT2D eigenvalue weighted by molar-refractivity contribution is 9.10. The van der Waals surface area contributed by atoms with Gasteiger partial charge in [0.05, 0.1) is 11.5 Å². The van der Waals surface area contributed by atoms with Crippen LogP contribution in [0.1, 0.15) is 12.5 Å². The van der Waals surface area contributed by atoms with Gasteiger partial charge in [0.1, 0.15) is 0 Å². The number of aromatic nitrogens is 4. The molecule has 2 aromatic carbocycles. The van der Waals surface area contributed by atoms with Crippen LogP contribution in [0.25, 0.3) is 17.1 Å². The topological polar surface area (TPSA) is 85.1 Å². The SMILES string of the molecule is CC(=NNC(=O)CSc1nnc(-c2ccncc2)n1-c1ccc(Cl)cc1)c1cccc(Br)c1. The molecule has 10 heteroatoms. The summed E-state index contributed by atoms with van der Waals surface area (Å²) in [6.45, 7) is 1.84. The Labute approximate surface area is 208 Å². The average molecular weight is 542 g/mol. The molecule has 0 spiro atoms. The molecule has 2 aromatic heterocycles. The van der Waals surface area contributed by atoms with Crippen molar-refractivity contribution < 1.29 is 4.79 Å². The fraction of sp³-hybridized carbons (Fsp3) is 0.0870. The number of rotatable bonds is 7. The van der Waals surface area contributed by atoms with Gasteiger partial charge in [-0.1, -0.05) is 51.4 Å². The third kappa shape index (κ3) is 5.87. The molecule has 33 heavy (non-hydrogen) atoms. The van der Waals surface area contributed by atoms with Crippen LogP contribution in [0, 0.1) is 0 Å². The summed E-state index contributed by atoms with van der Waals surface area (Å²) < 4.78 is 2.84. The molecule has 0 saturated heterocycles. The zero-order chi connectivity index (χ0) is 23.2. The summed E-state index contributed by atoms with van der Waals surface area (Å²) in [5.41, 5.74) is 5.93. The molecule has 1 amide bonds. The molecule has 0 aliphatic carbocycles. The lowest BCUT2D eigenvalue weighted by Gasteiger charge is -2.10. The van der Waals surface area contributed by atoms with Crippen LogP contribution in [0.15, 0.2) is 87.8 Å². The molecule has 7 nitrogen and oxygen atoms in total. The maximum Gasteiger partial charge on any atom is 0.250 e. The number of carbonyl (C=O) groups is 1. The van der Waals surface area contributed by atoms with E-state index >= 15 is 0 Å². The first kappa shape index (κ1) is 23.2. The third-order valence-electron chi connectivity index (χ3n) is 4.58. The van der Waals surface area contributed by atoms with Crippen molar-refractivity contribution in [1.82, 2.24) is 25.2 Å². The second-order valence-electron chi connectivity index (χ2n) is 6.89. The number of nitrogens with one attached hydrogen (secondary N) is 1. The van der Waals surface area contributed by atoms with E-state index < -0.39 is 0 Å². The van der Waals surface area contributed by atoms with Crippen LogP contribution in [0.3, 0.4) is 0 Å². The Kier molecular flexibility index (Phi) is 7.54. The third-order valence-corrected chi connectivity index (χ3v) is 6.25. The Morgan fingerprint density at radius 2 is 1.88 bits per heavy atom. The quantitative estimate of drug-likeness (QED) is 0.193. The minimum absolute atomic E-state index is 0.122. The van der Waals surface area contributed by atoms with Crippen LogP contribution in [0.5, 0.6) is 0 Å². The molecule has 0 bridgehead atoms.